The zero-order valence-corrected chi connectivity index (χ0v) is 13.6. The van der Waals surface area contributed by atoms with Crippen molar-refractivity contribution < 1.29 is 14.4 Å². The number of Topliss-reactive ketones (excluding diaryl/α,β-unsaturated/α-hetero) is 1. The van der Waals surface area contributed by atoms with E-state index in [-0.39, 0.29) is 23.7 Å². The van der Waals surface area contributed by atoms with Crippen molar-refractivity contribution >= 4 is 23.3 Å². The molecule has 0 atom stereocenters. The summed E-state index contributed by atoms with van der Waals surface area (Å²) in [5.74, 6) is -0.942. The van der Waals surface area contributed by atoms with E-state index >= 15 is 0 Å². The van der Waals surface area contributed by atoms with Gasteiger partial charge >= 0.3 is 0 Å². The van der Waals surface area contributed by atoms with Crippen LogP contribution < -0.4 is 4.90 Å². The van der Waals surface area contributed by atoms with E-state index in [0.29, 0.717) is 16.8 Å². The maximum absolute atomic E-state index is 12.7. The smallest absolute Gasteiger partial charge is 0.262 e. The second-order valence-corrected chi connectivity index (χ2v) is 5.85. The highest BCUT2D eigenvalue weighted by Gasteiger charge is 2.37. The average Bonchev–Trinajstić information content (AvgIpc) is 2.80. The van der Waals surface area contributed by atoms with Gasteiger partial charge in [0, 0.05) is 23.1 Å². The number of rotatable bonds is 4. The number of anilines is 1. The van der Waals surface area contributed by atoms with E-state index < -0.39 is 5.91 Å². The Labute approximate surface area is 140 Å². The summed E-state index contributed by atoms with van der Waals surface area (Å²) in [6.07, 6.45) is -0.0667. The number of aryl methyl sites for hydroxylation is 1. The lowest BCUT2D eigenvalue weighted by Gasteiger charge is -2.15. The van der Waals surface area contributed by atoms with Gasteiger partial charge in [-0.1, -0.05) is 48.0 Å². The molecule has 2 aromatic rings. The summed E-state index contributed by atoms with van der Waals surface area (Å²) >= 11 is 0. The number of carbonyl (C=O) groups excluding carboxylic acids is 3. The molecule has 0 spiro atoms. The van der Waals surface area contributed by atoms with Gasteiger partial charge in [0.25, 0.3) is 11.8 Å². The molecular weight excluding hydrogens is 302 g/mol. The second kappa shape index (κ2) is 6.24. The molecule has 2 aromatic carbocycles. The van der Waals surface area contributed by atoms with Crippen LogP contribution in [0.25, 0.3) is 0 Å². The molecule has 1 aliphatic heterocycles. The Bertz CT molecular complexity index is 848. The molecule has 1 heterocycles. The number of amides is 2. The summed E-state index contributed by atoms with van der Waals surface area (Å²) in [5, 5.41) is 0. The summed E-state index contributed by atoms with van der Waals surface area (Å²) in [7, 11) is 0. The van der Waals surface area contributed by atoms with Crippen molar-refractivity contribution in [3.05, 3.63) is 76.9 Å². The highest BCUT2D eigenvalue weighted by Crippen LogP contribution is 2.29. The molecule has 0 aliphatic carbocycles. The van der Waals surface area contributed by atoms with Crippen molar-refractivity contribution in [3.63, 3.8) is 0 Å². The van der Waals surface area contributed by atoms with Crippen LogP contribution >= 0.6 is 0 Å². The van der Waals surface area contributed by atoms with Gasteiger partial charge in [-0.25, -0.2) is 4.90 Å². The quantitative estimate of drug-likeness (QED) is 0.640. The molecule has 0 fully saturated rings. The standard InChI is InChI=1S/C20H17NO3/c1-13-8-10-16(11-9-13)21-19(23)14(2)17(20(21)24)12-18(22)15-6-4-3-5-7-15/h3-11H,12H2,1-2H3. The highest BCUT2D eigenvalue weighted by molar-refractivity contribution is 6.33. The third-order valence-electron chi connectivity index (χ3n) is 4.16. The normalized spacial score (nSPS) is 14.5. The summed E-state index contributed by atoms with van der Waals surface area (Å²) in [4.78, 5) is 38.7. The first-order valence-corrected chi connectivity index (χ1v) is 7.72. The summed E-state index contributed by atoms with van der Waals surface area (Å²) in [5.41, 5.74) is 2.71. The first kappa shape index (κ1) is 15.9. The van der Waals surface area contributed by atoms with E-state index in [1.807, 2.05) is 25.1 Å². The van der Waals surface area contributed by atoms with Gasteiger partial charge < -0.3 is 0 Å². The van der Waals surface area contributed by atoms with E-state index in [2.05, 4.69) is 0 Å². The zero-order valence-electron chi connectivity index (χ0n) is 13.6. The minimum Gasteiger partial charge on any atom is -0.294 e. The Hall–Kier alpha value is -3.01. The van der Waals surface area contributed by atoms with Gasteiger partial charge in [0.2, 0.25) is 0 Å². The lowest BCUT2D eigenvalue weighted by Crippen LogP contribution is -2.31. The van der Waals surface area contributed by atoms with Crippen LogP contribution in [0.1, 0.15) is 29.3 Å². The molecule has 0 saturated heterocycles. The molecule has 3 rings (SSSR count). The molecule has 0 unspecified atom stereocenters. The van der Waals surface area contributed by atoms with Gasteiger partial charge in [0.15, 0.2) is 5.78 Å². The maximum atomic E-state index is 12.7. The van der Waals surface area contributed by atoms with Gasteiger partial charge in [-0.15, -0.1) is 0 Å². The molecule has 24 heavy (non-hydrogen) atoms. The fourth-order valence-corrected chi connectivity index (χ4v) is 2.71. The number of ketones is 1. The minimum absolute atomic E-state index is 0.0667. The molecule has 0 N–H and O–H groups in total. The topological polar surface area (TPSA) is 54.5 Å². The molecular formula is C20H17NO3. The van der Waals surface area contributed by atoms with Gasteiger partial charge in [-0.05, 0) is 26.0 Å². The maximum Gasteiger partial charge on any atom is 0.262 e. The van der Waals surface area contributed by atoms with Crippen LogP contribution in [0.2, 0.25) is 0 Å². The average molecular weight is 319 g/mol. The zero-order chi connectivity index (χ0) is 17.3. The monoisotopic (exact) mass is 319 g/mol. The van der Waals surface area contributed by atoms with E-state index in [9.17, 15) is 14.4 Å². The van der Waals surface area contributed by atoms with Crippen molar-refractivity contribution in [2.45, 2.75) is 20.3 Å². The molecule has 0 radical (unpaired) electrons. The van der Waals surface area contributed by atoms with Crippen molar-refractivity contribution in [2.75, 3.05) is 4.90 Å². The number of hydrogen-bond acceptors (Lipinski definition) is 3. The molecule has 4 heteroatoms. The van der Waals surface area contributed by atoms with Crippen LogP contribution in [-0.4, -0.2) is 17.6 Å². The number of imide groups is 1. The van der Waals surface area contributed by atoms with Crippen molar-refractivity contribution in [1.82, 2.24) is 0 Å². The fraction of sp³-hybridized carbons (Fsp3) is 0.150. The lowest BCUT2D eigenvalue weighted by molar-refractivity contribution is -0.120. The Morgan fingerprint density at radius 2 is 1.50 bits per heavy atom. The summed E-state index contributed by atoms with van der Waals surface area (Å²) < 4.78 is 0. The third-order valence-corrected chi connectivity index (χ3v) is 4.16. The van der Waals surface area contributed by atoms with Gasteiger partial charge in [-0.2, -0.15) is 0 Å². The Morgan fingerprint density at radius 1 is 0.875 bits per heavy atom. The molecule has 4 nitrogen and oxygen atoms in total. The predicted octanol–water partition coefficient (Wildman–Crippen LogP) is 3.46. The molecule has 120 valence electrons. The SMILES string of the molecule is CC1=C(CC(=O)c2ccccc2)C(=O)N(c2ccc(C)cc2)C1=O. The fourth-order valence-electron chi connectivity index (χ4n) is 2.71. The molecule has 1 aliphatic rings. The van der Waals surface area contributed by atoms with E-state index in [0.717, 1.165) is 10.5 Å². The van der Waals surface area contributed by atoms with Crippen molar-refractivity contribution in [2.24, 2.45) is 0 Å². The van der Waals surface area contributed by atoms with Crippen LogP contribution in [-0.2, 0) is 9.59 Å². The Kier molecular flexibility index (Phi) is 4.13. The first-order chi connectivity index (χ1) is 11.5. The Balaban J connectivity index is 1.87. The lowest BCUT2D eigenvalue weighted by atomic mass is 10.0. The van der Waals surface area contributed by atoms with Crippen LogP contribution in [0.15, 0.2) is 65.7 Å². The third kappa shape index (κ3) is 2.78. The predicted molar refractivity (Wildman–Crippen MR) is 91.8 cm³/mol. The van der Waals surface area contributed by atoms with Gasteiger partial charge in [-0.3, -0.25) is 14.4 Å². The number of benzene rings is 2. The molecule has 0 bridgehead atoms. The number of nitrogens with zero attached hydrogens (tertiary/aromatic N) is 1. The highest BCUT2D eigenvalue weighted by atomic mass is 16.2. The summed E-state index contributed by atoms with van der Waals surface area (Å²) in [6, 6.07) is 15.9. The van der Waals surface area contributed by atoms with E-state index in [1.165, 1.54) is 0 Å². The second-order valence-electron chi connectivity index (χ2n) is 5.85. The largest absolute Gasteiger partial charge is 0.294 e. The molecule has 0 saturated carbocycles. The molecule has 0 aromatic heterocycles. The van der Waals surface area contributed by atoms with Crippen LogP contribution in [0.5, 0.6) is 0 Å². The minimum atomic E-state index is -0.411. The number of carbonyl (C=O) groups is 3. The number of hydrogen-bond donors (Lipinski definition) is 0. The van der Waals surface area contributed by atoms with Crippen LogP contribution in [0.3, 0.4) is 0 Å². The summed E-state index contributed by atoms with van der Waals surface area (Å²) in [6.45, 7) is 3.53. The van der Waals surface area contributed by atoms with E-state index in [1.54, 1.807) is 43.3 Å². The first-order valence-electron chi connectivity index (χ1n) is 7.72. The van der Waals surface area contributed by atoms with Crippen molar-refractivity contribution in [3.8, 4) is 0 Å². The van der Waals surface area contributed by atoms with Gasteiger partial charge in [0.05, 0.1) is 5.69 Å². The van der Waals surface area contributed by atoms with Gasteiger partial charge in [0.1, 0.15) is 0 Å². The van der Waals surface area contributed by atoms with Crippen LogP contribution in [0, 0.1) is 6.92 Å². The van der Waals surface area contributed by atoms with Crippen molar-refractivity contribution in [1.29, 1.82) is 0 Å². The molecule has 2 amide bonds. The van der Waals surface area contributed by atoms with E-state index in [4.69, 9.17) is 0 Å². The Morgan fingerprint density at radius 3 is 2.12 bits per heavy atom. The van der Waals surface area contributed by atoms with Crippen LogP contribution in [0.4, 0.5) is 5.69 Å².